The summed E-state index contributed by atoms with van der Waals surface area (Å²) in [6.45, 7) is 5.98. The molecule has 0 aliphatic carbocycles. The van der Waals surface area contributed by atoms with Gasteiger partial charge < -0.3 is 9.73 Å². The number of alkyl halides is 3. The van der Waals surface area contributed by atoms with Gasteiger partial charge >= 0.3 is 6.18 Å². The van der Waals surface area contributed by atoms with E-state index < -0.39 is 12.6 Å². The maximum absolute atomic E-state index is 11.9. The third-order valence-corrected chi connectivity index (χ3v) is 2.63. The molecule has 0 aromatic carbocycles. The first-order valence-electron chi connectivity index (χ1n) is 5.66. The van der Waals surface area contributed by atoms with Crippen LogP contribution >= 0.6 is 0 Å². The first kappa shape index (κ1) is 14.1. The Balaban J connectivity index is 2.35. The predicted octanol–water partition coefficient (Wildman–Crippen LogP) is 3.89. The van der Waals surface area contributed by atoms with Crippen LogP contribution in [-0.4, -0.2) is 12.7 Å². The number of rotatable bonds is 5. The number of furan rings is 1. The van der Waals surface area contributed by atoms with Crippen molar-refractivity contribution in [2.24, 2.45) is 0 Å². The second kappa shape index (κ2) is 5.58. The van der Waals surface area contributed by atoms with Gasteiger partial charge in [-0.1, -0.05) is 0 Å². The van der Waals surface area contributed by atoms with Gasteiger partial charge in [0, 0.05) is 18.0 Å². The van der Waals surface area contributed by atoms with E-state index in [1.165, 1.54) is 0 Å². The Morgan fingerprint density at radius 3 is 2.47 bits per heavy atom. The molecule has 2 nitrogen and oxygen atoms in total. The van der Waals surface area contributed by atoms with Crippen molar-refractivity contribution < 1.29 is 17.6 Å². The Hall–Kier alpha value is -0.970. The molecule has 1 aromatic heterocycles. The van der Waals surface area contributed by atoms with Crippen LogP contribution in [0, 0.1) is 13.8 Å². The Morgan fingerprint density at radius 1 is 1.35 bits per heavy atom. The van der Waals surface area contributed by atoms with Gasteiger partial charge in [-0.15, -0.1) is 0 Å². The molecule has 1 heterocycles. The van der Waals surface area contributed by atoms with Crippen molar-refractivity contribution in [3.05, 3.63) is 23.2 Å². The van der Waals surface area contributed by atoms with Crippen LogP contribution in [0.1, 0.15) is 42.9 Å². The minimum Gasteiger partial charge on any atom is -0.466 e. The third-order valence-electron chi connectivity index (χ3n) is 2.63. The van der Waals surface area contributed by atoms with E-state index in [0.29, 0.717) is 6.54 Å². The third kappa shape index (κ3) is 4.81. The van der Waals surface area contributed by atoms with Gasteiger partial charge in [0.1, 0.15) is 11.5 Å². The molecule has 0 saturated carbocycles. The molecular formula is C12H18F3NO. The lowest BCUT2D eigenvalue weighted by Crippen LogP contribution is -2.21. The van der Waals surface area contributed by atoms with Gasteiger partial charge in [-0.05, 0) is 39.8 Å². The zero-order chi connectivity index (χ0) is 13.1. The van der Waals surface area contributed by atoms with E-state index in [-0.39, 0.29) is 12.5 Å². The van der Waals surface area contributed by atoms with Crippen LogP contribution in [0.3, 0.4) is 0 Å². The highest BCUT2D eigenvalue weighted by Gasteiger charge is 2.26. The summed E-state index contributed by atoms with van der Waals surface area (Å²) in [5.74, 6) is 1.64. The van der Waals surface area contributed by atoms with E-state index in [2.05, 4.69) is 5.32 Å². The first-order chi connectivity index (χ1) is 7.79. The van der Waals surface area contributed by atoms with Gasteiger partial charge in [0.25, 0.3) is 0 Å². The van der Waals surface area contributed by atoms with Crippen LogP contribution in [0.25, 0.3) is 0 Å². The molecule has 1 N–H and O–H groups in total. The van der Waals surface area contributed by atoms with Crippen molar-refractivity contribution in [1.82, 2.24) is 5.32 Å². The lowest BCUT2D eigenvalue weighted by Gasteiger charge is -2.13. The van der Waals surface area contributed by atoms with E-state index in [4.69, 9.17) is 4.42 Å². The molecule has 0 radical (unpaired) electrons. The Labute approximate surface area is 99.2 Å². The lowest BCUT2D eigenvalue weighted by atomic mass is 10.1. The van der Waals surface area contributed by atoms with Crippen LogP contribution in [0.15, 0.2) is 10.5 Å². The summed E-state index contributed by atoms with van der Waals surface area (Å²) in [4.78, 5) is 0. The molecule has 0 aliphatic rings. The molecule has 0 spiro atoms. The number of nitrogens with one attached hydrogen (secondary N) is 1. The van der Waals surface area contributed by atoms with E-state index in [9.17, 15) is 13.2 Å². The highest BCUT2D eigenvalue weighted by molar-refractivity contribution is 5.23. The van der Waals surface area contributed by atoms with E-state index in [1.54, 1.807) is 0 Å². The number of aryl methyl sites for hydroxylation is 2. The van der Waals surface area contributed by atoms with Crippen molar-refractivity contribution >= 4 is 0 Å². The predicted molar refractivity (Wildman–Crippen MR) is 59.9 cm³/mol. The van der Waals surface area contributed by atoms with Crippen molar-refractivity contribution in [3.8, 4) is 0 Å². The largest absolute Gasteiger partial charge is 0.466 e. The topological polar surface area (TPSA) is 25.2 Å². The van der Waals surface area contributed by atoms with Gasteiger partial charge in [0.05, 0.1) is 0 Å². The maximum atomic E-state index is 11.9. The van der Waals surface area contributed by atoms with E-state index in [1.807, 2.05) is 26.8 Å². The molecule has 0 amide bonds. The molecule has 0 aliphatic heterocycles. The van der Waals surface area contributed by atoms with Crippen molar-refractivity contribution in [2.75, 3.05) is 6.54 Å². The Morgan fingerprint density at radius 2 is 2.00 bits per heavy atom. The first-order valence-corrected chi connectivity index (χ1v) is 5.66. The summed E-state index contributed by atoms with van der Waals surface area (Å²) in [7, 11) is 0. The summed E-state index contributed by atoms with van der Waals surface area (Å²) in [5.41, 5.74) is 1.01. The zero-order valence-electron chi connectivity index (χ0n) is 10.3. The Bertz CT molecular complexity index is 357. The molecule has 0 saturated heterocycles. The molecule has 98 valence electrons. The fraction of sp³-hybridized carbons (Fsp3) is 0.667. The van der Waals surface area contributed by atoms with Crippen molar-refractivity contribution in [1.29, 1.82) is 0 Å². The molecule has 1 aromatic rings. The summed E-state index contributed by atoms with van der Waals surface area (Å²) < 4.78 is 41.2. The summed E-state index contributed by atoms with van der Waals surface area (Å²) in [6, 6.07) is 1.93. The van der Waals surface area contributed by atoms with Crippen LogP contribution in [0.4, 0.5) is 13.2 Å². The summed E-state index contributed by atoms with van der Waals surface area (Å²) in [6.07, 6.45) is -4.70. The van der Waals surface area contributed by atoms with Gasteiger partial charge in [-0.2, -0.15) is 13.2 Å². The SMILES string of the molecule is Cc1cc(C(C)NCCCC(F)(F)F)c(C)o1. The van der Waals surface area contributed by atoms with E-state index >= 15 is 0 Å². The molecular weight excluding hydrogens is 231 g/mol. The standard InChI is InChI=1S/C12H18F3NO/c1-8-7-11(10(3)17-8)9(2)16-6-4-5-12(13,14)15/h7,9,16H,4-6H2,1-3H3. The summed E-state index contributed by atoms with van der Waals surface area (Å²) >= 11 is 0. The van der Waals surface area contributed by atoms with Crippen LogP contribution < -0.4 is 5.32 Å². The highest BCUT2D eigenvalue weighted by atomic mass is 19.4. The van der Waals surface area contributed by atoms with Crippen molar-refractivity contribution in [2.45, 2.75) is 45.8 Å². The second-order valence-electron chi connectivity index (χ2n) is 4.26. The van der Waals surface area contributed by atoms with Crippen LogP contribution in [-0.2, 0) is 0 Å². The molecule has 1 rings (SSSR count). The molecule has 0 fully saturated rings. The fourth-order valence-electron chi connectivity index (χ4n) is 1.80. The average Bonchev–Trinajstić information content (AvgIpc) is 2.51. The number of hydrogen-bond donors (Lipinski definition) is 1. The number of halogens is 3. The summed E-state index contributed by atoms with van der Waals surface area (Å²) in [5, 5.41) is 3.07. The molecule has 5 heteroatoms. The van der Waals surface area contributed by atoms with Crippen molar-refractivity contribution in [3.63, 3.8) is 0 Å². The molecule has 1 unspecified atom stereocenters. The maximum Gasteiger partial charge on any atom is 0.389 e. The molecule has 1 atom stereocenters. The minimum absolute atomic E-state index is 0.0145. The smallest absolute Gasteiger partial charge is 0.389 e. The quantitative estimate of drug-likeness (QED) is 0.801. The van der Waals surface area contributed by atoms with Gasteiger partial charge in [-0.3, -0.25) is 0 Å². The molecule has 0 bridgehead atoms. The minimum atomic E-state index is -4.06. The number of hydrogen-bond acceptors (Lipinski definition) is 2. The zero-order valence-corrected chi connectivity index (χ0v) is 10.3. The van der Waals surface area contributed by atoms with Gasteiger partial charge in [0.2, 0.25) is 0 Å². The van der Waals surface area contributed by atoms with E-state index in [0.717, 1.165) is 17.1 Å². The van der Waals surface area contributed by atoms with Crippen LogP contribution in [0.2, 0.25) is 0 Å². The fourth-order valence-corrected chi connectivity index (χ4v) is 1.80. The van der Waals surface area contributed by atoms with Crippen LogP contribution in [0.5, 0.6) is 0 Å². The second-order valence-corrected chi connectivity index (χ2v) is 4.26. The molecule has 17 heavy (non-hydrogen) atoms. The lowest BCUT2D eigenvalue weighted by molar-refractivity contribution is -0.135. The van der Waals surface area contributed by atoms with Gasteiger partial charge in [0.15, 0.2) is 0 Å². The highest BCUT2D eigenvalue weighted by Crippen LogP contribution is 2.23. The van der Waals surface area contributed by atoms with Gasteiger partial charge in [-0.25, -0.2) is 0 Å². The normalized spacial score (nSPS) is 14.0. The monoisotopic (exact) mass is 249 g/mol. The average molecular weight is 249 g/mol. The Kier molecular flexibility index (Phi) is 4.62.